The van der Waals surface area contributed by atoms with Crippen molar-refractivity contribution in [2.45, 2.75) is 30.8 Å². The highest BCUT2D eigenvalue weighted by Crippen LogP contribution is 2.36. The molecule has 3 fully saturated rings. The molecule has 3 heterocycles. The first kappa shape index (κ1) is 20.1. The number of urea groups is 1. The molecule has 0 aromatic heterocycles. The summed E-state index contributed by atoms with van der Waals surface area (Å²) in [6.45, 7) is 1.83. The number of carbonyl (C=O) groups is 2. The number of benzene rings is 1. The van der Waals surface area contributed by atoms with Crippen LogP contribution in [0.25, 0.3) is 0 Å². The number of alkyl halides is 3. The number of ether oxygens (including phenoxy) is 2. The molecule has 29 heavy (non-hydrogen) atoms. The summed E-state index contributed by atoms with van der Waals surface area (Å²) in [7, 11) is 0. The summed E-state index contributed by atoms with van der Waals surface area (Å²) in [5.74, 6) is -0.614. The minimum Gasteiger partial charge on any atom is -0.406 e. The van der Waals surface area contributed by atoms with Crippen LogP contribution >= 0.6 is 11.6 Å². The molecule has 1 N–H and O–H groups in total. The Kier molecular flexibility index (Phi) is 5.24. The smallest absolute Gasteiger partial charge is 0.406 e. The molecule has 0 unspecified atom stereocenters. The molecule has 158 valence electrons. The number of nitrogens with zero attached hydrogens (tertiary/aromatic N) is 2. The lowest BCUT2D eigenvalue weighted by Gasteiger charge is -2.46. The molecule has 3 aliphatic rings. The maximum atomic E-state index is 12.7. The number of piperidine rings is 1. The summed E-state index contributed by atoms with van der Waals surface area (Å²) in [5.41, 5.74) is 0.678. The van der Waals surface area contributed by atoms with E-state index in [-0.39, 0.29) is 47.4 Å². The average molecular weight is 434 g/mol. The van der Waals surface area contributed by atoms with E-state index in [9.17, 15) is 22.8 Å². The molecule has 3 amide bonds. The SMILES string of the molecule is O=C1CO[C@H]2CCN(C(=O)N3CC(c4ccc(OC(F)(F)F)cc4Cl)C3)C[C@H]2N1. The van der Waals surface area contributed by atoms with E-state index in [1.54, 1.807) is 9.80 Å². The van der Waals surface area contributed by atoms with Crippen LogP contribution in [0.4, 0.5) is 18.0 Å². The van der Waals surface area contributed by atoms with Crippen LogP contribution in [0.2, 0.25) is 5.02 Å². The Bertz CT molecular complexity index is 816. The lowest BCUT2D eigenvalue weighted by Crippen LogP contribution is -2.63. The minimum absolute atomic E-state index is 0.0521. The number of morpholine rings is 1. The second-order valence-electron chi connectivity index (χ2n) is 7.37. The summed E-state index contributed by atoms with van der Waals surface area (Å²) < 4.78 is 46.3. The normalized spacial score (nSPS) is 25.2. The van der Waals surface area contributed by atoms with E-state index in [0.29, 0.717) is 38.2 Å². The molecule has 11 heteroatoms. The zero-order valence-corrected chi connectivity index (χ0v) is 16.0. The van der Waals surface area contributed by atoms with Gasteiger partial charge in [-0.25, -0.2) is 4.79 Å². The first-order chi connectivity index (χ1) is 13.7. The summed E-state index contributed by atoms with van der Waals surface area (Å²) in [4.78, 5) is 27.6. The number of amides is 3. The van der Waals surface area contributed by atoms with Crippen molar-refractivity contribution in [3.63, 3.8) is 0 Å². The molecule has 2 atom stereocenters. The molecule has 0 spiro atoms. The molecular weight excluding hydrogens is 415 g/mol. The number of hydrogen-bond acceptors (Lipinski definition) is 4. The standard InChI is InChI=1S/C18H19ClF3N3O4/c19-13-5-11(29-18(20,21)22)1-2-12(13)10-6-25(7-10)17(27)24-4-3-15-14(8-24)23-16(26)9-28-15/h1-2,5,10,14-15H,3-4,6-9H2,(H,23,26)/t14-,15+/m1/s1. The lowest BCUT2D eigenvalue weighted by molar-refractivity contribution is -0.274. The van der Waals surface area contributed by atoms with Crippen molar-refractivity contribution in [3.8, 4) is 5.75 Å². The monoisotopic (exact) mass is 433 g/mol. The van der Waals surface area contributed by atoms with Crippen LogP contribution in [0, 0.1) is 0 Å². The molecule has 3 aliphatic heterocycles. The summed E-state index contributed by atoms with van der Waals surface area (Å²) in [5, 5.41) is 3.03. The quantitative estimate of drug-likeness (QED) is 0.777. The highest BCUT2D eigenvalue weighted by molar-refractivity contribution is 6.31. The molecule has 0 bridgehead atoms. The van der Waals surface area contributed by atoms with Crippen LogP contribution in [-0.4, -0.2) is 73.0 Å². The molecule has 0 aliphatic carbocycles. The first-order valence-electron chi connectivity index (χ1n) is 9.19. The van der Waals surface area contributed by atoms with E-state index < -0.39 is 6.36 Å². The molecule has 7 nitrogen and oxygen atoms in total. The van der Waals surface area contributed by atoms with E-state index >= 15 is 0 Å². The van der Waals surface area contributed by atoms with Gasteiger partial charge in [0.25, 0.3) is 0 Å². The molecule has 4 rings (SSSR count). The molecule has 3 saturated heterocycles. The van der Waals surface area contributed by atoms with Crippen molar-refractivity contribution in [2.24, 2.45) is 0 Å². The van der Waals surface area contributed by atoms with Crippen molar-refractivity contribution in [1.82, 2.24) is 15.1 Å². The Morgan fingerprint density at radius 3 is 2.69 bits per heavy atom. The van der Waals surface area contributed by atoms with E-state index in [1.807, 2.05) is 0 Å². The summed E-state index contributed by atoms with van der Waals surface area (Å²) >= 11 is 6.12. The van der Waals surface area contributed by atoms with Gasteiger partial charge >= 0.3 is 12.4 Å². The van der Waals surface area contributed by atoms with E-state index in [0.717, 1.165) is 6.07 Å². The largest absolute Gasteiger partial charge is 0.573 e. The third-order valence-corrected chi connectivity index (χ3v) is 5.72. The van der Waals surface area contributed by atoms with Gasteiger partial charge in [0.15, 0.2) is 0 Å². The number of fused-ring (bicyclic) bond motifs is 1. The molecule has 1 aromatic carbocycles. The van der Waals surface area contributed by atoms with Crippen LogP contribution in [0.3, 0.4) is 0 Å². The Hall–Kier alpha value is -2.20. The number of likely N-dealkylation sites (tertiary alicyclic amines) is 2. The maximum absolute atomic E-state index is 12.7. The topological polar surface area (TPSA) is 71.1 Å². The van der Waals surface area contributed by atoms with Gasteiger partial charge in [0.1, 0.15) is 12.4 Å². The maximum Gasteiger partial charge on any atom is 0.573 e. The Morgan fingerprint density at radius 1 is 1.24 bits per heavy atom. The van der Waals surface area contributed by atoms with Crippen molar-refractivity contribution in [2.75, 3.05) is 32.8 Å². The number of hydrogen-bond donors (Lipinski definition) is 1. The molecule has 0 saturated carbocycles. The second-order valence-corrected chi connectivity index (χ2v) is 7.78. The Balaban J connectivity index is 1.33. The molecule has 1 aromatic rings. The first-order valence-corrected chi connectivity index (χ1v) is 9.57. The second kappa shape index (κ2) is 7.56. The Morgan fingerprint density at radius 2 is 2.00 bits per heavy atom. The third-order valence-electron chi connectivity index (χ3n) is 5.39. The van der Waals surface area contributed by atoms with E-state index in [1.165, 1.54) is 12.1 Å². The van der Waals surface area contributed by atoms with Crippen LogP contribution in [0.5, 0.6) is 5.75 Å². The van der Waals surface area contributed by atoms with Crippen LogP contribution in [-0.2, 0) is 9.53 Å². The van der Waals surface area contributed by atoms with Gasteiger partial charge in [-0.15, -0.1) is 13.2 Å². The van der Waals surface area contributed by atoms with Gasteiger partial charge in [0, 0.05) is 37.1 Å². The number of nitrogens with one attached hydrogen (secondary N) is 1. The van der Waals surface area contributed by atoms with Gasteiger partial charge in [0.05, 0.1) is 12.1 Å². The zero-order chi connectivity index (χ0) is 20.8. The zero-order valence-electron chi connectivity index (χ0n) is 15.2. The number of carbonyl (C=O) groups excluding carboxylic acids is 2. The van der Waals surface area contributed by atoms with Gasteiger partial charge in [-0.2, -0.15) is 0 Å². The minimum atomic E-state index is -4.78. The van der Waals surface area contributed by atoms with Crippen molar-refractivity contribution < 1.29 is 32.2 Å². The van der Waals surface area contributed by atoms with Gasteiger partial charge in [0.2, 0.25) is 5.91 Å². The van der Waals surface area contributed by atoms with E-state index in [2.05, 4.69) is 10.1 Å². The number of rotatable bonds is 2. The average Bonchev–Trinajstić information content (AvgIpc) is 2.60. The fourth-order valence-corrected chi connectivity index (χ4v) is 4.27. The van der Waals surface area contributed by atoms with Gasteiger partial charge in [-0.1, -0.05) is 17.7 Å². The molecular formula is C18H19ClF3N3O4. The van der Waals surface area contributed by atoms with Gasteiger partial charge in [-0.3, -0.25) is 4.79 Å². The van der Waals surface area contributed by atoms with Crippen LogP contribution in [0.1, 0.15) is 17.9 Å². The van der Waals surface area contributed by atoms with Gasteiger partial charge < -0.3 is 24.6 Å². The number of halogens is 4. The van der Waals surface area contributed by atoms with Crippen LogP contribution < -0.4 is 10.1 Å². The third kappa shape index (κ3) is 4.37. The lowest BCUT2D eigenvalue weighted by atomic mass is 9.91. The van der Waals surface area contributed by atoms with Crippen molar-refractivity contribution in [1.29, 1.82) is 0 Å². The van der Waals surface area contributed by atoms with E-state index in [4.69, 9.17) is 16.3 Å². The predicted octanol–water partition coefficient (Wildman–Crippen LogP) is 2.35. The van der Waals surface area contributed by atoms with Gasteiger partial charge in [-0.05, 0) is 24.1 Å². The van der Waals surface area contributed by atoms with Crippen molar-refractivity contribution in [3.05, 3.63) is 28.8 Å². The fourth-order valence-electron chi connectivity index (χ4n) is 3.94. The highest BCUT2D eigenvalue weighted by atomic mass is 35.5. The summed E-state index contributed by atoms with van der Waals surface area (Å²) in [6, 6.07) is 3.51. The highest BCUT2D eigenvalue weighted by Gasteiger charge is 2.40. The van der Waals surface area contributed by atoms with Crippen LogP contribution in [0.15, 0.2) is 18.2 Å². The summed E-state index contributed by atoms with van der Waals surface area (Å²) in [6.07, 6.45) is -4.20. The predicted molar refractivity (Wildman–Crippen MR) is 95.7 cm³/mol. The Labute approximate surface area is 169 Å². The fraction of sp³-hybridized carbons (Fsp3) is 0.556. The van der Waals surface area contributed by atoms with Crippen molar-refractivity contribution >= 4 is 23.5 Å². The molecule has 0 radical (unpaired) electrons.